The maximum atomic E-state index is 11.9. The van der Waals surface area contributed by atoms with E-state index in [0.29, 0.717) is 11.9 Å². The van der Waals surface area contributed by atoms with Crippen LogP contribution in [0.15, 0.2) is 0 Å². The van der Waals surface area contributed by atoms with Crippen LogP contribution in [0.1, 0.15) is 42.6 Å². The summed E-state index contributed by atoms with van der Waals surface area (Å²) in [5, 5.41) is 7.33. The Bertz CT molecular complexity index is 491. The first-order chi connectivity index (χ1) is 10.1. The van der Waals surface area contributed by atoms with Gasteiger partial charge < -0.3 is 9.80 Å². The second-order valence-corrected chi connectivity index (χ2v) is 6.45. The smallest absolute Gasteiger partial charge is 0.222 e. The molecular weight excluding hydrogens is 264 g/mol. The highest BCUT2D eigenvalue weighted by molar-refractivity contribution is 5.78. The van der Waals surface area contributed by atoms with E-state index in [1.54, 1.807) is 0 Å². The van der Waals surface area contributed by atoms with Crippen LogP contribution >= 0.6 is 0 Å². The van der Waals surface area contributed by atoms with E-state index in [0.717, 1.165) is 51.1 Å². The van der Waals surface area contributed by atoms with E-state index in [2.05, 4.69) is 33.8 Å². The standard InChI is InChI=1S/C16H26N4O/c1-12-15(13(2)18-17-12)7-10-19-8-3-5-14(11-19)20-9-4-6-16(20)21/h14H,3-11H2,1-2H3,(H,17,18)/t14-/m0/s1. The number of carbonyl (C=O) groups excluding carboxylic acids is 1. The maximum absolute atomic E-state index is 11.9. The topological polar surface area (TPSA) is 52.2 Å². The van der Waals surface area contributed by atoms with Crippen molar-refractivity contribution in [2.24, 2.45) is 0 Å². The Balaban J connectivity index is 1.55. The minimum Gasteiger partial charge on any atom is -0.338 e. The molecule has 116 valence electrons. The second kappa shape index (κ2) is 6.18. The average molecular weight is 290 g/mol. The molecule has 2 aliphatic rings. The predicted octanol–water partition coefficient (Wildman–Crippen LogP) is 1.66. The molecule has 0 bridgehead atoms. The molecule has 3 rings (SSSR count). The van der Waals surface area contributed by atoms with Crippen molar-refractivity contribution in [3.8, 4) is 0 Å². The van der Waals surface area contributed by atoms with Gasteiger partial charge in [0.2, 0.25) is 5.91 Å². The Labute approximate surface area is 126 Å². The Morgan fingerprint density at radius 2 is 2.14 bits per heavy atom. The van der Waals surface area contributed by atoms with E-state index in [1.165, 1.54) is 24.1 Å². The van der Waals surface area contributed by atoms with E-state index >= 15 is 0 Å². The van der Waals surface area contributed by atoms with Crippen LogP contribution in [0.5, 0.6) is 0 Å². The molecular formula is C16H26N4O. The first kappa shape index (κ1) is 14.6. The van der Waals surface area contributed by atoms with Gasteiger partial charge >= 0.3 is 0 Å². The number of amides is 1. The first-order valence-electron chi connectivity index (χ1n) is 8.17. The average Bonchev–Trinajstić information content (AvgIpc) is 3.04. The van der Waals surface area contributed by atoms with Gasteiger partial charge in [-0.05, 0) is 51.6 Å². The van der Waals surface area contributed by atoms with Crippen LogP contribution in [0.25, 0.3) is 0 Å². The lowest BCUT2D eigenvalue weighted by Gasteiger charge is -2.37. The number of hydrogen-bond acceptors (Lipinski definition) is 3. The molecule has 1 atom stereocenters. The Kier molecular flexibility index (Phi) is 4.29. The number of hydrogen-bond donors (Lipinski definition) is 1. The molecule has 3 heterocycles. The molecule has 2 aliphatic heterocycles. The SMILES string of the molecule is Cc1n[nH]c(C)c1CCN1CCC[C@H](N2CCCC2=O)C1. The van der Waals surface area contributed by atoms with Crippen LogP contribution < -0.4 is 0 Å². The van der Waals surface area contributed by atoms with Crippen molar-refractivity contribution in [1.29, 1.82) is 0 Å². The highest BCUT2D eigenvalue weighted by Crippen LogP contribution is 2.22. The third kappa shape index (κ3) is 3.12. The molecule has 5 nitrogen and oxygen atoms in total. The number of H-pyrrole nitrogens is 1. The number of piperidine rings is 1. The number of likely N-dealkylation sites (tertiary alicyclic amines) is 2. The minimum atomic E-state index is 0.364. The zero-order chi connectivity index (χ0) is 14.8. The Morgan fingerprint density at radius 3 is 2.81 bits per heavy atom. The summed E-state index contributed by atoms with van der Waals surface area (Å²) in [4.78, 5) is 16.6. The molecule has 1 aromatic rings. The lowest BCUT2D eigenvalue weighted by molar-refractivity contribution is -0.130. The quantitative estimate of drug-likeness (QED) is 0.917. The molecule has 0 saturated carbocycles. The lowest BCUT2D eigenvalue weighted by Crippen LogP contribution is -2.48. The third-order valence-corrected chi connectivity index (χ3v) is 4.99. The van der Waals surface area contributed by atoms with Crippen molar-refractivity contribution in [1.82, 2.24) is 20.0 Å². The van der Waals surface area contributed by atoms with Crippen LogP contribution in [-0.2, 0) is 11.2 Å². The largest absolute Gasteiger partial charge is 0.338 e. The highest BCUT2D eigenvalue weighted by atomic mass is 16.2. The van der Waals surface area contributed by atoms with E-state index in [-0.39, 0.29) is 0 Å². The summed E-state index contributed by atoms with van der Waals surface area (Å²) in [6.07, 6.45) is 5.23. The fourth-order valence-electron chi connectivity index (χ4n) is 3.76. The van der Waals surface area contributed by atoms with Crippen LogP contribution in [0.3, 0.4) is 0 Å². The number of aryl methyl sites for hydroxylation is 2. The van der Waals surface area contributed by atoms with E-state index in [4.69, 9.17) is 0 Å². The Morgan fingerprint density at radius 1 is 1.29 bits per heavy atom. The minimum absolute atomic E-state index is 0.364. The van der Waals surface area contributed by atoms with Gasteiger partial charge in [-0.15, -0.1) is 0 Å². The summed E-state index contributed by atoms with van der Waals surface area (Å²) in [6.45, 7) is 8.41. The van der Waals surface area contributed by atoms with Crippen molar-refractivity contribution >= 4 is 5.91 Å². The molecule has 0 radical (unpaired) electrons. The van der Waals surface area contributed by atoms with Gasteiger partial charge in [0.1, 0.15) is 0 Å². The number of aromatic nitrogens is 2. The fraction of sp³-hybridized carbons (Fsp3) is 0.750. The molecule has 1 N–H and O–H groups in total. The molecule has 2 saturated heterocycles. The van der Waals surface area contributed by atoms with Gasteiger partial charge in [0.25, 0.3) is 0 Å². The van der Waals surface area contributed by atoms with Gasteiger partial charge in [-0.3, -0.25) is 9.89 Å². The monoisotopic (exact) mass is 290 g/mol. The third-order valence-electron chi connectivity index (χ3n) is 4.99. The summed E-state index contributed by atoms with van der Waals surface area (Å²) in [6, 6.07) is 0.445. The predicted molar refractivity (Wildman–Crippen MR) is 82.2 cm³/mol. The van der Waals surface area contributed by atoms with E-state index in [9.17, 15) is 4.79 Å². The molecule has 0 aromatic carbocycles. The lowest BCUT2D eigenvalue weighted by atomic mass is 10.0. The Hall–Kier alpha value is -1.36. The number of rotatable bonds is 4. The fourth-order valence-corrected chi connectivity index (χ4v) is 3.76. The van der Waals surface area contributed by atoms with E-state index < -0.39 is 0 Å². The summed E-state index contributed by atoms with van der Waals surface area (Å²) in [5.41, 5.74) is 3.67. The van der Waals surface area contributed by atoms with Gasteiger partial charge in [0.05, 0.1) is 5.69 Å². The zero-order valence-electron chi connectivity index (χ0n) is 13.2. The highest BCUT2D eigenvalue weighted by Gasteiger charge is 2.31. The van der Waals surface area contributed by atoms with Gasteiger partial charge in [-0.25, -0.2) is 0 Å². The second-order valence-electron chi connectivity index (χ2n) is 6.45. The van der Waals surface area contributed by atoms with Crippen LogP contribution in [0.2, 0.25) is 0 Å². The van der Waals surface area contributed by atoms with Gasteiger partial charge in [-0.2, -0.15) is 5.10 Å². The molecule has 0 aliphatic carbocycles. The number of carbonyl (C=O) groups is 1. The normalized spacial score (nSPS) is 24.0. The molecule has 5 heteroatoms. The van der Waals surface area contributed by atoms with Gasteiger partial charge in [0.15, 0.2) is 0 Å². The number of nitrogens with zero attached hydrogens (tertiary/aromatic N) is 3. The van der Waals surface area contributed by atoms with Crippen LogP contribution in [-0.4, -0.2) is 58.1 Å². The van der Waals surface area contributed by atoms with Crippen LogP contribution in [0.4, 0.5) is 0 Å². The van der Waals surface area contributed by atoms with Crippen molar-refractivity contribution < 1.29 is 4.79 Å². The molecule has 0 unspecified atom stereocenters. The zero-order valence-corrected chi connectivity index (χ0v) is 13.2. The summed E-state index contributed by atoms with van der Waals surface area (Å²) in [7, 11) is 0. The molecule has 1 amide bonds. The molecule has 2 fully saturated rings. The summed E-state index contributed by atoms with van der Waals surface area (Å²) in [5.74, 6) is 0.364. The van der Waals surface area contributed by atoms with Crippen molar-refractivity contribution in [2.45, 2.75) is 52.0 Å². The van der Waals surface area contributed by atoms with Crippen molar-refractivity contribution in [3.05, 3.63) is 17.0 Å². The molecule has 0 spiro atoms. The molecule has 21 heavy (non-hydrogen) atoms. The van der Waals surface area contributed by atoms with E-state index in [1.807, 2.05) is 0 Å². The van der Waals surface area contributed by atoms with Crippen molar-refractivity contribution in [3.63, 3.8) is 0 Å². The van der Waals surface area contributed by atoms with Crippen LogP contribution in [0, 0.1) is 13.8 Å². The summed E-state index contributed by atoms with van der Waals surface area (Å²) >= 11 is 0. The number of aromatic amines is 1. The van der Waals surface area contributed by atoms with Gasteiger partial charge in [0, 0.05) is 37.8 Å². The number of nitrogens with one attached hydrogen (secondary N) is 1. The molecule has 1 aromatic heterocycles. The van der Waals surface area contributed by atoms with Crippen molar-refractivity contribution in [2.75, 3.05) is 26.2 Å². The van der Waals surface area contributed by atoms with Gasteiger partial charge in [-0.1, -0.05) is 0 Å². The summed E-state index contributed by atoms with van der Waals surface area (Å²) < 4.78 is 0. The maximum Gasteiger partial charge on any atom is 0.222 e. The first-order valence-corrected chi connectivity index (χ1v) is 8.17.